The lowest BCUT2D eigenvalue weighted by Crippen LogP contribution is -2.06. The molecule has 0 unspecified atom stereocenters. The fourth-order valence-corrected chi connectivity index (χ4v) is 2.78. The van der Waals surface area contributed by atoms with Crippen molar-refractivity contribution in [2.24, 2.45) is 0 Å². The van der Waals surface area contributed by atoms with Crippen LogP contribution in [0.1, 0.15) is 20.1 Å². The molecule has 8 heteroatoms. The Kier molecular flexibility index (Phi) is 4.58. The Balaban J connectivity index is 2.13. The fraction of sp³-hybridized carbons (Fsp3) is 0.154. The van der Waals surface area contributed by atoms with Crippen LogP contribution in [-0.2, 0) is 12.7 Å². The molecule has 0 bridgehead atoms. The highest BCUT2D eigenvalue weighted by Crippen LogP contribution is 2.34. The average molecular weight is 380 g/mol. The van der Waals surface area contributed by atoms with Gasteiger partial charge in [-0.1, -0.05) is 0 Å². The van der Waals surface area contributed by atoms with Crippen LogP contribution in [0.3, 0.4) is 0 Å². The van der Waals surface area contributed by atoms with Gasteiger partial charge < -0.3 is 10.4 Å². The number of carbonyl (C=O) groups is 1. The van der Waals surface area contributed by atoms with E-state index in [1.165, 1.54) is 12.1 Å². The molecular formula is C13H9BrF3NO2S. The van der Waals surface area contributed by atoms with E-state index >= 15 is 0 Å². The maximum Gasteiger partial charge on any atom is 0.416 e. The third-order valence-corrected chi connectivity index (χ3v) is 4.38. The summed E-state index contributed by atoms with van der Waals surface area (Å²) in [7, 11) is 0. The van der Waals surface area contributed by atoms with Gasteiger partial charge in [0.1, 0.15) is 4.88 Å². The lowest BCUT2D eigenvalue weighted by molar-refractivity contribution is -0.137. The van der Waals surface area contributed by atoms with Crippen LogP contribution in [0.25, 0.3) is 0 Å². The first kappa shape index (κ1) is 15.8. The standard InChI is InChI=1S/C13H9BrF3NO2S/c14-9-3-1-7(13(15,16)17)5-10(9)18-6-8-2-4-11(21-8)12(19)20/h1-5,18H,6H2,(H,19,20). The zero-order valence-corrected chi connectivity index (χ0v) is 12.8. The third kappa shape index (κ3) is 3.98. The van der Waals surface area contributed by atoms with Crippen molar-refractivity contribution in [1.82, 2.24) is 0 Å². The number of halogens is 4. The minimum absolute atomic E-state index is 0.190. The van der Waals surface area contributed by atoms with Crippen molar-refractivity contribution in [3.8, 4) is 0 Å². The summed E-state index contributed by atoms with van der Waals surface area (Å²) < 4.78 is 38.5. The Morgan fingerprint density at radius 1 is 1.29 bits per heavy atom. The van der Waals surface area contributed by atoms with E-state index in [9.17, 15) is 18.0 Å². The molecule has 2 rings (SSSR count). The number of alkyl halides is 3. The van der Waals surface area contributed by atoms with Gasteiger partial charge in [0.15, 0.2) is 0 Å². The number of nitrogens with one attached hydrogen (secondary N) is 1. The van der Waals surface area contributed by atoms with Crippen LogP contribution in [0.2, 0.25) is 0 Å². The first-order valence-electron chi connectivity index (χ1n) is 5.70. The highest BCUT2D eigenvalue weighted by molar-refractivity contribution is 9.10. The third-order valence-electron chi connectivity index (χ3n) is 2.62. The number of carboxylic acid groups (broad SMARTS) is 1. The molecule has 0 radical (unpaired) electrons. The Morgan fingerprint density at radius 2 is 2.00 bits per heavy atom. The predicted octanol–water partition coefficient (Wildman–Crippen LogP) is 4.84. The van der Waals surface area contributed by atoms with E-state index in [-0.39, 0.29) is 11.4 Å². The maximum atomic E-state index is 12.6. The van der Waals surface area contributed by atoms with Gasteiger partial charge >= 0.3 is 12.1 Å². The van der Waals surface area contributed by atoms with E-state index in [1.807, 2.05) is 0 Å². The molecular weight excluding hydrogens is 371 g/mol. The van der Waals surface area contributed by atoms with Gasteiger partial charge in [-0.3, -0.25) is 0 Å². The van der Waals surface area contributed by atoms with Crippen molar-refractivity contribution in [2.45, 2.75) is 12.7 Å². The smallest absolute Gasteiger partial charge is 0.416 e. The molecule has 0 spiro atoms. The first-order valence-corrected chi connectivity index (χ1v) is 7.31. The number of anilines is 1. The minimum Gasteiger partial charge on any atom is -0.477 e. The second-order valence-electron chi connectivity index (χ2n) is 4.12. The molecule has 1 heterocycles. The summed E-state index contributed by atoms with van der Waals surface area (Å²) in [6.07, 6.45) is -4.41. The quantitative estimate of drug-likeness (QED) is 0.798. The molecule has 0 atom stereocenters. The maximum absolute atomic E-state index is 12.6. The Hall–Kier alpha value is -1.54. The van der Waals surface area contributed by atoms with Crippen LogP contribution >= 0.6 is 27.3 Å². The van der Waals surface area contributed by atoms with Crippen LogP contribution in [-0.4, -0.2) is 11.1 Å². The van der Waals surface area contributed by atoms with E-state index < -0.39 is 17.7 Å². The Morgan fingerprint density at radius 3 is 2.57 bits per heavy atom. The highest BCUT2D eigenvalue weighted by Gasteiger charge is 2.30. The highest BCUT2D eigenvalue weighted by atomic mass is 79.9. The Bertz CT molecular complexity index is 670. The van der Waals surface area contributed by atoms with Gasteiger partial charge in [-0.25, -0.2) is 4.79 Å². The van der Waals surface area contributed by atoms with Crippen LogP contribution in [0.15, 0.2) is 34.8 Å². The lowest BCUT2D eigenvalue weighted by atomic mass is 10.2. The number of hydrogen-bond acceptors (Lipinski definition) is 3. The van der Waals surface area contributed by atoms with Gasteiger partial charge in [-0.15, -0.1) is 11.3 Å². The summed E-state index contributed by atoms with van der Waals surface area (Å²) in [6.45, 7) is 0.248. The molecule has 2 N–H and O–H groups in total. The van der Waals surface area contributed by atoms with Crippen LogP contribution in [0.4, 0.5) is 18.9 Å². The second-order valence-corrected chi connectivity index (χ2v) is 6.14. The molecule has 21 heavy (non-hydrogen) atoms. The average Bonchev–Trinajstić information content (AvgIpc) is 2.85. The molecule has 3 nitrogen and oxygen atoms in total. The number of carboxylic acids is 1. The molecule has 2 aromatic rings. The minimum atomic E-state index is -4.41. The van der Waals surface area contributed by atoms with Gasteiger partial charge in [0.05, 0.1) is 5.56 Å². The van der Waals surface area contributed by atoms with Gasteiger partial charge in [0, 0.05) is 21.6 Å². The molecule has 0 amide bonds. The van der Waals surface area contributed by atoms with Gasteiger partial charge in [-0.05, 0) is 46.3 Å². The summed E-state index contributed by atoms with van der Waals surface area (Å²) >= 11 is 4.25. The molecule has 0 saturated heterocycles. The topological polar surface area (TPSA) is 49.3 Å². The van der Waals surface area contributed by atoms with Crippen molar-refractivity contribution in [3.63, 3.8) is 0 Å². The summed E-state index contributed by atoms with van der Waals surface area (Å²) in [5, 5.41) is 11.7. The summed E-state index contributed by atoms with van der Waals surface area (Å²) in [4.78, 5) is 11.7. The molecule has 0 fully saturated rings. The number of aromatic carboxylic acids is 1. The van der Waals surface area contributed by atoms with Crippen LogP contribution in [0.5, 0.6) is 0 Å². The van der Waals surface area contributed by atoms with E-state index in [0.29, 0.717) is 10.2 Å². The van der Waals surface area contributed by atoms with Crippen molar-refractivity contribution in [1.29, 1.82) is 0 Å². The molecule has 0 aliphatic rings. The summed E-state index contributed by atoms with van der Waals surface area (Å²) in [6, 6.07) is 6.41. The summed E-state index contributed by atoms with van der Waals surface area (Å²) in [5.41, 5.74) is -0.444. The van der Waals surface area contributed by atoms with E-state index in [4.69, 9.17) is 5.11 Å². The normalized spacial score (nSPS) is 11.4. The van der Waals surface area contributed by atoms with Crippen LogP contribution in [0, 0.1) is 0 Å². The first-order chi connectivity index (χ1) is 9.77. The van der Waals surface area contributed by atoms with E-state index in [2.05, 4.69) is 21.2 Å². The second kappa shape index (κ2) is 6.07. The SMILES string of the molecule is O=C(O)c1ccc(CNc2cc(C(F)(F)F)ccc2Br)s1. The molecule has 112 valence electrons. The number of benzene rings is 1. The molecule has 1 aromatic heterocycles. The molecule has 0 aliphatic heterocycles. The summed E-state index contributed by atoms with van der Waals surface area (Å²) in [5.74, 6) is -1.02. The van der Waals surface area contributed by atoms with Crippen molar-refractivity contribution in [2.75, 3.05) is 5.32 Å². The molecule has 1 aromatic carbocycles. The predicted molar refractivity (Wildman–Crippen MR) is 77.7 cm³/mol. The van der Waals surface area contributed by atoms with E-state index in [0.717, 1.165) is 28.3 Å². The van der Waals surface area contributed by atoms with Gasteiger partial charge in [-0.2, -0.15) is 13.2 Å². The van der Waals surface area contributed by atoms with Gasteiger partial charge in [0.2, 0.25) is 0 Å². The number of hydrogen-bond donors (Lipinski definition) is 2. The van der Waals surface area contributed by atoms with Crippen molar-refractivity contribution < 1.29 is 23.1 Å². The molecule has 0 aliphatic carbocycles. The largest absolute Gasteiger partial charge is 0.477 e. The van der Waals surface area contributed by atoms with Crippen LogP contribution < -0.4 is 5.32 Å². The lowest BCUT2D eigenvalue weighted by Gasteiger charge is -2.12. The van der Waals surface area contributed by atoms with Crippen molar-refractivity contribution >= 4 is 38.9 Å². The number of thiophene rings is 1. The Labute approximate surface area is 130 Å². The van der Waals surface area contributed by atoms with Crippen molar-refractivity contribution in [3.05, 3.63) is 50.1 Å². The molecule has 0 saturated carbocycles. The fourth-order valence-electron chi connectivity index (χ4n) is 1.61. The monoisotopic (exact) mass is 379 g/mol. The number of rotatable bonds is 4. The van der Waals surface area contributed by atoms with Gasteiger partial charge in [0.25, 0.3) is 0 Å². The zero-order valence-electron chi connectivity index (χ0n) is 10.4. The zero-order chi connectivity index (χ0) is 15.6. The van der Waals surface area contributed by atoms with E-state index in [1.54, 1.807) is 6.07 Å².